The lowest BCUT2D eigenvalue weighted by Gasteiger charge is -2.31. The van der Waals surface area contributed by atoms with Crippen LogP contribution in [0.4, 0.5) is 17.6 Å². The van der Waals surface area contributed by atoms with E-state index >= 15 is 0 Å². The average Bonchev–Trinajstić information content (AvgIpc) is 3.22. The van der Waals surface area contributed by atoms with E-state index in [4.69, 9.17) is 9.47 Å². The Balaban J connectivity index is 1.28. The fourth-order valence-corrected chi connectivity index (χ4v) is 4.09. The molecule has 7 nitrogen and oxygen atoms in total. The van der Waals surface area contributed by atoms with Crippen molar-refractivity contribution in [2.45, 2.75) is 29.7 Å². The van der Waals surface area contributed by atoms with Crippen LogP contribution in [0, 0.1) is 0 Å². The fraction of sp³-hybridized carbons (Fsp3) is 0.217. The van der Waals surface area contributed by atoms with E-state index in [9.17, 15) is 17.6 Å². The van der Waals surface area contributed by atoms with Gasteiger partial charge in [0.05, 0.1) is 30.0 Å². The number of imidazole rings is 1. The Labute approximate surface area is 200 Å². The molecule has 0 saturated carbocycles. The first-order valence-corrected chi connectivity index (χ1v) is 11.2. The van der Waals surface area contributed by atoms with Gasteiger partial charge in [-0.3, -0.25) is 4.98 Å². The molecule has 0 radical (unpaired) electrons. The number of benzene rings is 2. The monoisotopic (exact) mass is 507 g/mol. The summed E-state index contributed by atoms with van der Waals surface area (Å²) in [5.41, 5.74) is 2.26. The Morgan fingerprint density at radius 2 is 1.69 bits per heavy atom. The lowest BCUT2D eigenvalue weighted by molar-refractivity contribution is -0.391. The highest BCUT2D eigenvalue weighted by molar-refractivity contribution is 7.98. The van der Waals surface area contributed by atoms with Crippen molar-refractivity contribution in [3.63, 3.8) is 0 Å². The number of rotatable bonds is 7. The van der Waals surface area contributed by atoms with Gasteiger partial charge in [0.15, 0.2) is 28.2 Å². The molecule has 4 aromatic rings. The molecule has 0 fully saturated rings. The Hall–Kier alpha value is -3.67. The maximum absolute atomic E-state index is 13.4. The van der Waals surface area contributed by atoms with Gasteiger partial charge in [-0.15, -0.1) is 0 Å². The summed E-state index contributed by atoms with van der Waals surface area (Å²) >= 11 is 1.27. The number of pyridine rings is 1. The van der Waals surface area contributed by atoms with Crippen molar-refractivity contribution in [3.05, 3.63) is 66.0 Å². The van der Waals surface area contributed by atoms with Gasteiger partial charge in [-0.2, -0.15) is 17.6 Å². The van der Waals surface area contributed by atoms with Gasteiger partial charge in [0.25, 0.3) is 0 Å². The summed E-state index contributed by atoms with van der Waals surface area (Å²) in [7, 11) is 1.53. The summed E-state index contributed by atoms with van der Waals surface area (Å²) in [5.74, 6) is 0.367. The Morgan fingerprint density at radius 3 is 2.40 bits per heavy atom. The number of hydrogen-bond donors (Lipinski definition) is 1. The quantitative estimate of drug-likeness (QED) is 0.250. The molecule has 182 valence electrons. The van der Waals surface area contributed by atoms with E-state index < -0.39 is 23.7 Å². The second-order valence-electron chi connectivity index (χ2n) is 7.49. The summed E-state index contributed by atoms with van der Waals surface area (Å²) in [4.78, 5) is 11.6. The predicted octanol–water partition coefficient (Wildman–Crippen LogP) is 5.79. The number of H-pyrrole nitrogens is 1. The number of ether oxygens (including phenoxy) is 4. The molecule has 0 atom stereocenters. The smallest absolute Gasteiger partial charge is 0.493 e. The summed E-state index contributed by atoms with van der Waals surface area (Å²) in [6.45, 7) is 0.362. The summed E-state index contributed by atoms with van der Waals surface area (Å²) < 4.78 is 73.3. The van der Waals surface area contributed by atoms with Gasteiger partial charge >= 0.3 is 12.2 Å². The fourth-order valence-electron chi connectivity index (χ4n) is 3.31. The Bertz CT molecular complexity index is 1310. The van der Waals surface area contributed by atoms with Crippen LogP contribution in [0.1, 0.15) is 11.3 Å². The molecular formula is C23H17F4N3O4S. The third-order valence-electron chi connectivity index (χ3n) is 5.04. The number of aromatic nitrogens is 3. The first-order chi connectivity index (χ1) is 16.7. The van der Waals surface area contributed by atoms with Crippen LogP contribution >= 0.6 is 11.8 Å². The number of thioether (sulfide) groups is 1. The molecule has 5 rings (SSSR count). The Kier molecular flexibility index (Phi) is 5.83. The van der Waals surface area contributed by atoms with Gasteiger partial charge in [-0.05, 0) is 5.56 Å². The number of aromatic amines is 1. The topological polar surface area (TPSA) is 78.5 Å². The molecule has 0 bridgehead atoms. The van der Waals surface area contributed by atoms with E-state index in [-0.39, 0.29) is 5.52 Å². The van der Waals surface area contributed by atoms with Crippen LogP contribution < -0.4 is 18.9 Å². The summed E-state index contributed by atoms with van der Waals surface area (Å²) in [6.07, 6.45) is -8.00. The molecule has 2 aromatic heterocycles. The highest BCUT2D eigenvalue weighted by Gasteiger charge is 2.66. The third kappa shape index (κ3) is 4.65. The zero-order valence-electron chi connectivity index (χ0n) is 18.1. The van der Waals surface area contributed by atoms with Gasteiger partial charge in [0, 0.05) is 24.0 Å². The molecule has 35 heavy (non-hydrogen) atoms. The van der Waals surface area contributed by atoms with Gasteiger partial charge in [-0.25, -0.2) is 4.98 Å². The second-order valence-corrected chi connectivity index (χ2v) is 8.45. The SMILES string of the molecule is COc1cc(CSc2nc3cc4c(cc3[nH]2)OC(F)(F)C(F)(F)O4)ncc1OCc1ccccc1. The molecule has 2 aromatic carbocycles. The number of nitrogens with one attached hydrogen (secondary N) is 1. The van der Waals surface area contributed by atoms with E-state index in [1.54, 1.807) is 12.3 Å². The van der Waals surface area contributed by atoms with Gasteiger partial charge in [0.2, 0.25) is 0 Å². The second kappa shape index (κ2) is 8.84. The minimum atomic E-state index is -4.79. The van der Waals surface area contributed by atoms with Gasteiger partial charge in [-0.1, -0.05) is 42.1 Å². The summed E-state index contributed by atoms with van der Waals surface area (Å²) in [6, 6.07) is 13.7. The van der Waals surface area contributed by atoms with Crippen LogP contribution in [0.5, 0.6) is 23.0 Å². The molecule has 3 heterocycles. The van der Waals surface area contributed by atoms with Crippen LogP contribution in [0.15, 0.2) is 59.9 Å². The van der Waals surface area contributed by atoms with Crippen LogP contribution in [-0.2, 0) is 12.4 Å². The highest BCUT2D eigenvalue weighted by Crippen LogP contribution is 2.48. The van der Waals surface area contributed by atoms with Crippen LogP contribution in [0.3, 0.4) is 0 Å². The zero-order valence-corrected chi connectivity index (χ0v) is 18.9. The highest BCUT2D eigenvalue weighted by atomic mass is 32.2. The molecule has 0 spiro atoms. The molecule has 12 heteroatoms. The van der Waals surface area contributed by atoms with E-state index in [0.717, 1.165) is 17.7 Å². The molecule has 0 amide bonds. The largest absolute Gasteiger partial charge is 0.507 e. The number of halogens is 4. The number of alkyl halides is 4. The molecule has 1 aliphatic rings. The van der Waals surface area contributed by atoms with Crippen LogP contribution in [0.25, 0.3) is 11.0 Å². The average molecular weight is 507 g/mol. The van der Waals surface area contributed by atoms with Crippen LogP contribution in [-0.4, -0.2) is 34.3 Å². The number of methoxy groups -OCH3 is 1. The predicted molar refractivity (Wildman–Crippen MR) is 118 cm³/mol. The number of fused-ring (bicyclic) bond motifs is 2. The number of hydrogen-bond acceptors (Lipinski definition) is 7. The maximum Gasteiger partial charge on any atom is 0.507 e. The van der Waals surface area contributed by atoms with E-state index in [0.29, 0.717) is 40.2 Å². The minimum Gasteiger partial charge on any atom is -0.493 e. The third-order valence-corrected chi connectivity index (χ3v) is 5.95. The Morgan fingerprint density at radius 1 is 0.971 bits per heavy atom. The maximum atomic E-state index is 13.4. The van der Waals surface area contributed by atoms with Crippen molar-refractivity contribution in [2.75, 3.05) is 7.11 Å². The molecule has 0 aliphatic carbocycles. The molecule has 1 N–H and O–H groups in total. The van der Waals surface area contributed by atoms with E-state index in [1.807, 2.05) is 30.3 Å². The molecule has 0 saturated heterocycles. The van der Waals surface area contributed by atoms with Crippen molar-refractivity contribution in [1.82, 2.24) is 15.0 Å². The lowest BCUT2D eigenvalue weighted by Crippen LogP contribution is -2.52. The van der Waals surface area contributed by atoms with Crippen LogP contribution in [0.2, 0.25) is 0 Å². The van der Waals surface area contributed by atoms with Gasteiger partial charge in [0.1, 0.15) is 6.61 Å². The van der Waals surface area contributed by atoms with Crippen molar-refractivity contribution in [1.29, 1.82) is 0 Å². The lowest BCUT2D eigenvalue weighted by atomic mass is 10.2. The number of nitrogens with zero attached hydrogens (tertiary/aromatic N) is 2. The van der Waals surface area contributed by atoms with Crippen molar-refractivity contribution in [3.8, 4) is 23.0 Å². The molecular weight excluding hydrogens is 490 g/mol. The zero-order chi connectivity index (χ0) is 24.6. The van der Waals surface area contributed by atoms with Crippen molar-refractivity contribution in [2.24, 2.45) is 0 Å². The molecule has 0 unspecified atom stereocenters. The van der Waals surface area contributed by atoms with Crippen molar-refractivity contribution < 1.29 is 36.5 Å². The summed E-state index contributed by atoms with van der Waals surface area (Å²) in [5, 5.41) is 0.422. The van der Waals surface area contributed by atoms with Crippen molar-refractivity contribution >= 4 is 22.8 Å². The van der Waals surface area contributed by atoms with Gasteiger partial charge < -0.3 is 23.9 Å². The van der Waals surface area contributed by atoms with E-state index in [2.05, 4.69) is 24.4 Å². The first kappa shape index (κ1) is 23.1. The standard InChI is InChI=1S/C23H17F4N3O4S/c1-31-17-7-14(28-10-20(17)32-11-13-5-3-2-4-6-13)12-35-21-29-15-8-18-19(9-16(15)30-21)34-23(26,27)22(24,25)33-18/h2-10H,11-12H2,1H3,(H,29,30). The van der Waals surface area contributed by atoms with E-state index in [1.165, 1.54) is 18.9 Å². The minimum absolute atomic E-state index is 0.256. The molecule has 1 aliphatic heterocycles. The first-order valence-electron chi connectivity index (χ1n) is 10.2. The normalized spacial score (nSPS) is 15.7.